The first-order valence-electron chi connectivity index (χ1n) is 7.06. The molecule has 0 N–H and O–H groups in total. The topological polar surface area (TPSA) is 69.6 Å². The summed E-state index contributed by atoms with van der Waals surface area (Å²) in [6, 6.07) is 13.8. The Morgan fingerprint density at radius 2 is 2.04 bits per heavy atom. The normalized spacial score (nSPS) is 11.2. The predicted octanol–water partition coefficient (Wildman–Crippen LogP) is 3.37. The summed E-state index contributed by atoms with van der Waals surface area (Å²) in [5, 5.41) is 12.2. The number of aryl methyl sites for hydroxylation is 1. The zero-order chi connectivity index (χ0) is 15.8. The van der Waals surface area contributed by atoms with Crippen LogP contribution in [0.15, 0.2) is 51.5 Å². The van der Waals surface area contributed by atoms with Crippen molar-refractivity contribution in [3.63, 3.8) is 0 Å². The fourth-order valence-corrected chi connectivity index (χ4v) is 2.85. The highest BCUT2D eigenvalue weighted by atomic mass is 79.9. The highest BCUT2D eigenvalue weighted by molar-refractivity contribution is 9.10. The van der Waals surface area contributed by atoms with Gasteiger partial charge < -0.3 is 4.52 Å². The van der Waals surface area contributed by atoms with Crippen LogP contribution in [0.5, 0.6) is 0 Å². The van der Waals surface area contributed by atoms with Crippen molar-refractivity contribution in [2.24, 2.45) is 7.05 Å². The van der Waals surface area contributed by atoms with Gasteiger partial charge in [-0.25, -0.2) is 4.68 Å². The van der Waals surface area contributed by atoms with Gasteiger partial charge in [0, 0.05) is 17.1 Å². The van der Waals surface area contributed by atoms with Crippen LogP contribution in [0.1, 0.15) is 11.5 Å². The molecule has 2 heterocycles. The van der Waals surface area contributed by atoms with Crippen molar-refractivity contribution in [1.82, 2.24) is 25.1 Å². The molecule has 0 atom stereocenters. The van der Waals surface area contributed by atoms with Gasteiger partial charge >= 0.3 is 0 Å². The summed E-state index contributed by atoms with van der Waals surface area (Å²) in [5.74, 6) is 1.13. The fraction of sp³-hybridized carbons (Fsp3) is 0.125. The van der Waals surface area contributed by atoms with Crippen LogP contribution in [0.2, 0.25) is 0 Å². The molecule has 0 aliphatic rings. The lowest BCUT2D eigenvalue weighted by atomic mass is 10.1. The van der Waals surface area contributed by atoms with Gasteiger partial charge in [0.1, 0.15) is 5.52 Å². The lowest BCUT2D eigenvalue weighted by Gasteiger charge is -1.99. The zero-order valence-electron chi connectivity index (χ0n) is 12.3. The number of rotatable bonds is 3. The molecule has 4 rings (SSSR count). The third kappa shape index (κ3) is 2.63. The Morgan fingerprint density at radius 3 is 2.91 bits per heavy atom. The standard InChI is InChI=1S/C16H12BrN5O/c1-22-14-7-6-11(8-13(14)19-21-22)16-18-15(23-20-16)9-10-4-2-3-5-12(10)17/h2-8H,9H2,1H3. The van der Waals surface area contributed by atoms with E-state index in [1.54, 1.807) is 4.68 Å². The smallest absolute Gasteiger partial charge is 0.231 e. The number of aromatic nitrogens is 5. The molecule has 4 aromatic rings. The quantitative estimate of drug-likeness (QED) is 0.553. The van der Waals surface area contributed by atoms with Crippen molar-refractivity contribution >= 4 is 27.0 Å². The molecule has 0 bridgehead atoms. The molecule has 7 heteroatoms. The van der Waals surface area contributed by atoms with Crippen molar-refractivity contribution in [3.8, 4) is 11.4 Å². The first kappa shape index (κ1) is 14.1. The number of hydrogen-bond donors (Lipinski definition) is 0. The molecule has 0 amide bonds. The molecule has 0 radical (unpaired) electrons. The predicted molar refractivity (Wildman–Crippen MR) is 88.7 cm³/mol. The number of benzene rings is 2. The Bertz CT molecular complexity index is 991. The van der Waals surface area contributed by atoms with Crippen molar-refractivity contribution in [1.29, 1.82) is 0 Å². The number of hydrogen-bond acceptors (Lipinski definition) is 5. The molecule has 0 saturated heterocycles. The Labute approximate surface area is 140 Å². The number of fused-ring (bicyclic) bond motifs is 1. The molecule has 2 aromatic carbocycles. The molecule has 0 aliphatic carbocycles. The summed E-state index contributed by atoms with van der Waals surface area (Å²) < 4.78 is 8.13. The molecule has 0 saturated carbocycles. The average Bonchev–Trinajstić information content (AvgIpc) is 3.17. The molecule has 6 nitrogen and oxygen atoms in total. The van der Waals surface area contributed by atoms with Gasteiger partial charge in [-0.3, -0.25) is 0 Å². The minimum absolute atomic E-state index is 0.555. The summed E-state index contributed by atoms with van der Waals surface area (Å²) in [7, 11) is 1.86. The molecule has 2 aromatic heterocycles. The van der Waals surface area contributed by atoms with E-state index in [2.05, 4.69) is 36.4 Å². The third-order valence-corrected chi connectivity index (χ3v) is 4.41. The summed E-state index contributed by atoms with van der Waals surface area (Å²) in [6.45, 7) is 0. The second-order valence-corrected chi connectivity index (χ2v) is 6.05. The summed E-state index contributed by atoms with van der Waals surface area (Å²) >= 11 is 3.53. The summed E-state index contributed by atoms with van der Waals surface area (Å²) in [5.41, 5.74) is 3.74. The van der Waals surface area contributed by atoms with Gasteiger partial charge in [-0.05, 0) is 29.8 Å². The van der Waals surface area contributed by atoms with Crippen molar-refractivity contribution in [3.05, 3.63) is 58.4 Å². The Hall–Kier alpha value is -2.54. The lowest BCUT2D eigenvalue weighted by Crippen LogP contribution is -1.90. The fourth-order valence-electron chi connectivity index (χ4n) is 2.43. The molecule has 0 fully saturated rings. The zero-order valence-corrected chi connectivity index (χ0v) is 13.9. The van der Waals surface area contributed by atoms with Crippen molar-refractivity contribution < 1.29 is 4.52 Å². The highest BCUT2D eigenvalue weighted by Crippen LogP contribution is 2.23. The van der Waals surface area contributed by atoms with Gasteiger partial charge in [-0.1, -0.05) is 44.5 Å². The highest BCUT2D eigenvalue weighted by Gasteiger charge is 2.12. The SMILES string of the molecule is Cn1nnc2cc(-c3noc(Cc4ccccc4Br)n3)ccc21. The number of nitrogens with zero attached hydrogens (tertiary/aromatic N) is 5. The van der Waals surface area contributed by atoms with Crippen LogP contribution in [-0.4, -0.2) is 25.1 Å². The van der Waals surface area contributed by atoms with E-state index in [-0.39, 0.29) is 0 Å². The van der Waals surface area contributed by atoms with Gasteiger partial charge in [0.2, 0.25) is 11.7 Å². The first-order valence-corrected chi connectivity index (χ1v) is 7.86. The Kier molecular flexibility index (Phi) is 3.42. The van der Waals surface area contributed by atoms with Gasteiger partial charge in [-0.2, -0.15) is 4.98 Å². The number of halogens is 1. The van der Waals surface area contributed by atoms with E-state index in [9.17, 15) is 0 Å². The monoisotopic (exact) mass is 369 g/mol. The minimum atomic E-state index is 0.555. The van der Waals surface area contributed by atoms with E-state index in [1.807, 2.05) is 49.5 Å². The second-order valence-electron chi connectivity index (χ2n) is 5.20. The first-order chi connectivity index (χ1) is 11.2. The average molecular weight is 370 g/mol. The molecule has 114 valence electrons. The maximum absolute atomic E-state index is 5.37. The van der Waals surface area contributed by atoms with E-state index >= 15 is 0 Å². The van der Waals surface area contributed by atoms with Crippen LogP contribution >= 0.6 is 15.9 Å². The summed E-state index contributed by atoms with van der Waals surface area (Å²) in [4.78, 5) is 4.48. The van der Waals surface area contributed by atoms with Crippen molar-refractivity contribution in [2.45, 2.75) is 6.42 Å². The molecular weight excluding hydrogens is 358 g/mol. The molecule has 0 aliphatic heterocycles. The van der Waals surface area contributed by atoms with Crippen LogP contribution < -0.4 is 0 Å². The van der Waals surface area contributed by atoms with Crippen molar-refractivity contribution in [2.75, 3.05) is 0 Å². The van der Waals surface area contributed by atoms with Crippen LogP contribution in [0.25, 0.3) is 22.4 Å². The molecule has 0 spiro atoms. The van der Waals surface area contributed by atoms with E-state index in [0.29, 0.717) is 18.1 Å². The van der Waals surface area contributed by atoms with Crippen LogP contribution in [0.3, 0.4) is 0 Å². The largest absolute Gasteiger partial charge is 0.339 e. The van der Waals surface area contributed by atoms with Gasteiger partial charge in [-0.15, -0.1) is 5.10 Å². The second kappa shape index (κ2) is 5.58. The maximum Gasteiger partial charge on any atom is 0.231 e. The van der Waals surface area contributed by atoms with Gasteiger partial charge in [0.15, 0.2) is 0 Å². The Morgan fingerprint density at radius 1 is 1.17 bits per heavy atom. The van der Waals surface area contributed by atoms with Crippen LogP contribution in [0, 0.1) is 0 Å². The Balaban J connectivity index is 1.65. The molecule has 23 heavy (non-hydrogen) atoms. The van der Waals surface area contributed by atoms with E-state index in [0.717, 1.165) is 26.6 Å². The van der Waals surface area contributed by atoms with Crippen LogP contribution in [-0.2, 0) is 13.5 Å². The molecular formula is C16H12BrN5O. The van der Waals surface area contributed by atoms with Gasteiger partial charge in [0.05, 0.1) is 11.9 Å². The maximum atomic E-state index is 5.37. The van der Waals surface area contributed by atoms with E-state index < -0.39 is 0 Å². The summed E-state index contributed by atoms with van der Waals surface area (Å²) in [6.07, 6.45) is 0.585. The third-order valence-electron chi connectivity index (χ3n) is 3.64. The van der Waals surface area contributed by atoms with E-state index in [1.165, 1.54) is 0 Å². The minimum Gasteiger partial charge on any atom is -0.339 e. The van der Waals surface area contributed by atoms with Gasteiger partial charge in [0.25, 0.3) is 0 Å². The lowest BCUT2D eigenvalue weighted by molar-refractivity contribution is 0.385. The van der Waals surface area contributed by atoms with Crippen LogP contribution in [0.4, 0.5) is 0 Å². The van der Waals surface area contributed by atoms with E-state index in [4.69, 9.17) is 4.52 Å². The molecule has 0 unspecified atom stereocenters.